The number of carbonyl (C=O) groups excluding carboxylic acids is 1. The second-order valence-corrected chi connectivity index (χ2v) is 3.46. The summed E-state index contributed by atoms with van der Waals surface area (Å²) in [7, 11) is 0. The maximum Gasteiger partial charge on any atom is 0.335 e. The number of aliphatic carboxylic acids is 1. The molecule has 0 aliphatic heterocycles. The molecule has 0 aliphatic carbocycles. The van der Waals surface area contributed by atoms with Crippen molar-refractivity contribution in [3.05, 3.63) is 0 Å². The van der Waals surface area contributed by atoms with Gasteiger partial charge in [0.1, 0.15) is 0 Å². The molecule has 2 N–H and O–H groups in total. The predicted molar refractivity (Wildman–Crippen MR) is 53.3 cm³/mol. The van der Waals surface area contributed by atoms with Crippen LogP contribution < -0.4 is 0 Å². The van der Waals surface area contributed by atoms with Crippen LogP contribution in [0.2, 0.25) is 0 Å². The fourth-order valence-corrected chi connectivity index (χ4v) is 0.925. The van der Waals surface area contributed by atoms with Crippen LogP contribution in [0.5, 0.6) is 0 Å². The van der Waals surface area contributed by atoms with E-state index in [4.69, 9.17) is 9.84 Å². The molecule has 5 nitrogen and oxygen atoms in total. The van der Waals surface area contributed by atoms with Crippen LogP contribution in [0, 0.1) is 0 Å². The zero-order valence-electron chi connectivity index (χ0n) is 9.10. The van der Waals surface area contributed by atoms with Crippen LogP contribution in [-0.2, 0) is 14.3 Å². The molecule has 0 spiro atoms. The number of hydrogen-bond acceptors (Lipinski definition) is 4. The van der Waals surface area contributed by atoms with Crippen molar-refractivity contribution in [1.29, 1.82) is 0 Å². The van der Waals surface area contributed by atoms with Crippen molar-refractivity contribution in [2.24, 2.45) is 0 Å². The zero-order chi connectivity index (χ0) is 11.8. The van der Waals surface area contributed by atoms with Crippen LogP contribution in [0.3, 0.4) is 0 Å². The molecule has 2 unspecified atom stereocenters. The minimum Gasteiger partial charge on any atom is -0.481 e. The highest BCUT2D eigenvalue weighted by Gasteiger charge is 2.18. The summed E-state index contributed by atoms with van der Waals surface area (Å²) < 4.78 is 4.88. The van der Waals surface area contributed by atoms with Gasteiger partial charge in [-0.05, 0) is 26.2 Å². The molecule has 0 aromatic carbocycles. The molecule has 0 saturated carbocycles. The fourth-order valence-electron chi connectivity index (χ4n) is 0.925. The van der Waals surface area contributed by atoms with Gasteiger partial charge in [0.25, 0.3) is 0 Å². The van der Waals surface area contributed by atoms with Crippen molar-refractivity contribution in [2.45, 2.75) is 51.7 Å². The summed E-state index contributed by atoms with van der Waals surface area (Å²) in [5.41, 5.74) is 0. The number of carboxylic acid groups (broad SMARTS) is 1. The third-order valence-electron chi connectivity index (χ3n) is 2.03. The third-order valence-corrected chi connectivity index (χ3v) is 2.03. The Bertz CT molecular complexity index is 214. The van der Waals surface area contributed by atoms with Gasteiger partial charge in [-0.25, -0.2) is 4.79 Å². The Balaban J connectivity index is 3.74. The van der Waals surface area contributed by atoms with Crippen LogP contribution in [-0.4, -0.2) is 34.4 Å². The molecule has 0 heterocycles. The number of ether oxygens (including phenoxy) is 1. The third kappa shape index (κ3) is 6.90. The molecule has 88 valence electrons. The minimum absolute atomic E-state index is 0.0479. The van der Waals surface area contributed by atoms with E-state index >= 15 is 0 Å². The van der Waals surface area contributed by atoms with Crippen LogP contribution in [0.4, 0.5) is 0 Å². The van der Waals surface area contributed by atoms with E-state index in [0.29, 0.717) is 6.42 Å². The largest absolute Gasteiger partial charge is 0.481 e. The molecule has 2 atom stereocenters. The molecule has 0 amide bonds. The van der Waals surface area contributed by atoms with Crippen LogP contribution in [0.1, 0.15) is 39.5 Å². The van der Waals surface area contributed by atoms with Crippen LogP contribution in [0.15, 0.2) is 0 Å². The summed E-state index contributed by atoms with van der Waals surface area (Å²) in [6.45, 7) is 3.61. The predicted octanol–water partition coefficient (Wildman–Crippen LogP) is 0.944. The molecule has 0 fully saturated rings. The Morgan fingerprint density at radius 2 is 2.00 bits per heavy atom. The molecule has 0 radical (unpaired) electrons. The summed E-state index contributed by atoms with van der Waals surface area (Å²) in [6.07, 6.45) is -0.389. The van der Waals surface area contributed by atoms with Gasteiger partial charge in [0.2, 0.25) is 0 Å². The van der Waals surface area contributed by atoms with Gasteiger partial charge in [0, 0.05) is 6.42 Å². The molecule has 5 heteroatoms. The Morgan fingerprint density at radius 3 is 2.47 bits per heavy atom. The first kappa shape index (κ1) is 13.9. The van der Waals surface area contributed by atoms with Crippen molar-refractivity contribution in [2.75, 3.05) is 0 Å². The van der Waals surface area contributed by atoms with E-state index in [2.05, 4.69) is 0 Å². The molecule has 0 aromatic heterocycles. The van der Waals surface area contributed by atoms with E-state index in [1.807, 2.05) is 6.92 Å². The Labute approximate surface area is 89.0 Å². The topological polar surface area (TPSA) is 83.8 Å². The second kappa shape index (κ2) is 7.23. The van der Waals surface area contributed by atoms with Gasteiger partial charge in [0.05, 0.1) is 6.10 Å². The lowest BCUT2D eigenvalue weighted by atomic mass is 10.1. The Hall–Kier alpha value is -1.10. The lowest BCUT2D eigenvalue weighted by molar-refractivity contribution is -0.159. The number of aliphatic hydroxyl groups excluding tert-OH is 1. The summed E-state index contributed by atoms with van der Waals surface area (Å²) in [5, 5.41) is 17.7. The molecule has 15 heavy (non-hydrogen) atoms. The molecule has 0 saturated heterocycles. The summed E-state index contributed by atoms with van der Waals surface area (Å²) in [6, 6.07) is 0. The Kier molecular flexibility index (Phi) is 6.70. The maximum absolute atomic E-state index is 11.2. The molecular weight excluding hydrogens is 200 g/mol. The van der Waals surface area contributed by atoms with Crippen molar-refractivity contribution in [1.82, 2.24) is 0 Å². The first-order valence-corrected chi connectivity index (χ1v) is 5.07. The normalized spacial score (nSPS) is 14.3. The molecule has 0 aliphatic rings. The highest BCUT2D eigenvalue weighted by Crippen LogP contribution is 2.05. The van der Waals surface area contributed by atoms with Crippen molar-refractivity contribution >= 4 is 11.9 Å². The highest BCUT2D eigenvalue weighted by molar-refractivity contribution is 5.74. The standard InChI is InChI=1S/C10H18O5/c1-3-7(2)15-10(14)8(11)5-4-6-9(12)13/h7-8,11H,3-6H2,1-2H3,(H,12,13). The first-order chi connectivity index (χ1) is 6.97. The lowest BCUT2D eigenvalue weighted by Crippen LogP contribution is -2.26. The number of carbonyl (C=O) groups is 2. The van der Waals surface area contributed by atoms with E-state index in [0.717, 1.165) is 0 Å². The van der Waals surface area contributed by atoms with Gasteiger partial charge >= 0.3 is 11.9 Å². The zero-order valence-corrected chi connectivity index (χ0v) is 9.10. The molecular formula is C10H18O5. The van der Waals surface area contributed by atoms with Gasteiger partial charge in [-0.1, -0.05) is 6.92 Å². The van der Waals surface area contributed by atoms with E-state index in [1.54, 1.807) is 6.92 Å². The van der Waals surface area contributed by atoms with Gasteiger partial charge in [-0.3, -0.25) is 4.79 Å². The van der Waals surface area contributed by atoms with E-state index in [9.17, 15) is 14.7 Å². The SMILES string of the molecule is CCC(C)OC(=O)C(O)CCCC(=O)O. The maximum atomic E-state index is 11.2. The van der Waals surface area contributed by atoms with E-state index in [1.165, 1.54) is 0 Å². The highest BCUT2D eigenvalue weighted by atomic mass is 16.6. The Morgan fingerprint density at radius 1 is 1.40 bits per heavy atom. The summed E-state index contributed by atoms with van der Waals surface area (Å²) >= 11 is 0. The van der Waals surface area contributed by atoms with Crippen molar-refractivity contribution in [3.8, 4) is 0 Å². The van der Waals surface area contributed by atoms with E-state index in [-0.39, 0.29) is 25.4 Å². The lowest BCUT2D eigenvalue weighted by Gasteiger charge is -2.14. The van der Waals surface area contributed by atoms with Crippen molar-refractivity contribution in [3.63, 3.8) is 0 Å². The number of carboxylic acids is 1. The number of hydrogen-bond donors (Lipinski definition) is 2. The van der Waals surface area contributed by atoms with Gasteiger partial charge in [-0.15, -0.1) is 0 Å². The van der Waals surface area contributed by atoms with Gasteiger partial charge < -0.3 is 14.9 Å². The quantitative estimate of drug-likeness (QED) is 0.621. The van der Waals surface area contributed by atoms with Crippen LogP contribution >= 0.6 is 0 Å². The fraction of sp³-hybridized carbons (Fsp3) is 0.800. The molecule has 0 aromatic rings. The smallest absolute Gasteiger partial charge is 0.335 e. The average molecular weight is 218 g/mol. The minimum atomic E-state index is -1.21. The second-order valence-electron chi connectivity index (χ2n) is 3.46. The monoisotopic (exact) mass is 218 g/mol. The van der Waals surface area contributed by atoms with Crippen molar-refractivity contribution < 1.29 is 24.5 Å². The number of rotatable bonds is 7. The molecule has 0 bridgehead atoms. The van der Waals surface area contributed by atoms with Gasteiger partial charge in [0.15, 0.2) is 6.10 Å². The summed E-state index contributed by atoms with van der Waals surface area (Å²) in [5.74, 6) is -1.60. The first-order valence-electron chi connectivity index (χ1n) is 5.07. The number of esters is 1. The van der Waals surface area contributed by atoms with Gasteiger partial charge in [-0.2, -0.15) is 0 Å². The summed E-state index contributed by atoms with van der Waals surface area (Å²) in [4.78, 5) is 21.3. The van der Waals surface area contributed by atoms with E-state index < -0.39 is 18.0 Å². The average Bonchev–Trinajstić information content (AvgIpc) is 2.16. The number of aliphatic hydroxyl groups is 1. The molecule has 0 rings (SSSR count). The van der Waals surface area contributed by atoms with Crippen LogP contribution in [0.25, 0.3) is 0 Å².